The van der Waals surface area contributed by atoms with E-state index >= 15 is 0 Å². The maximum absolute atomic E-state index is 12.0. The van der Waals surface area contributed by atoms with Crippen molar-refractivity contribution >= 4 is 5.91 Å². The molecule has 0 aliphatic carbocycles. The maximum atomic E-state index is 12.0. The second kappa shape index (κ2) is 4.66. The number of aromatic amines is 1. The fourth-order valence-corrected chi connectivity index (χ4v) is 2.07. The number of hydrogen-bond donors (Lipinski definition) is 3. The summed E-state index contributed by atoms with van der Waals surface area (Å²) in [6.07, 6.45) is 3.87. The highest BCUT2D eigenvalue weighted by molar-refractivity contribution is 5.82. The minimum atomic E-state index is -0.226. The summed E-state index contributed by atoms with van der Waals surface area (Å²) in [4.78, 5) is 19.2. The van der Waals surface area contributed by atoms with E-state index < -0.39 is 0 Å². The second-order valence-electron chi connectivity index (χ2n) is 4.26. The van der Waals surface area contributed by atoms with Gasteiger partial charge in [-0.25, -0.2) is 4.98 Å². The van der Waals surface area contributed by atoms with Gasteiger partial charge in [0.05, 0.1) is 36.6 Å². The first kappa shape index (κ1) is 11.0. The number of fused-ring (bicyclic) bond motifs is 1. The van der Waals surface area contributed by atoms with Crippen LogP contribution in [0.15, 0.2) is 29.1 Å². The van der Waals surface area contributed by atoms with Crippen molar-refractivity contribution in [3.8, 4) is 0 Å². The molecule has 2 aromatic rings. The number of carbonyl (C=O) groups excluding carboxylic acids is 1. The van der Waals surface area contributed by atoms with Crippen LogP contribution in [-0.2, 0) is 24.3 Å². The Morgan fingerprint density at radius 3 is 3.39 bits per heavy atom. The van der Waals surface area contributed by atoms with Gasteiger partial charge in [-0.2, -0.15) is 0 Å². The summed E-state index contributed by atoms with van der Waals surface area (Å²) in [5, 5.41) is 6.02. The Labute approximate surface area is 104 Å². The Morgan fingerprint density at radius 2 is 2.56 bits per heavy atom. The lowest BCUT2D eigenvalue weighted by Crippen LogP contribution is -2.47. The molecule has 0 saturated carbocycles. The molecule has 0 saturated heterocycles. The van der Waals surface area contributed by atoms with E-state index in [0.29, 0.717) is 19.5 Å². The fourth-order valence-electron chi connectivity index (χ4n) is 2.07. The Morgan fingerprint density at radius 1 is 1.61 bits per heavy atom. The molecule has 0 radical (unpaired) electrons. The van der Waals surface area contributed by atoms with E-state index in [2.05, 4.69) is 20.6 Å². The van der Waals surface area contributed by atoms with Crippen LogP contribution in [0, 0.1) is 0 Å². The van der Waals surface area contributed by atoms with E-state index in [1.807, 2.05) is 6.07 Å². The highest BCUT2D eigenvalue weighted by atomic mass is 16.3. The van der Waals surface area contributed by atoms with E-state index in [0.717, 1.165) is 17.1 Å². The Kier molecular flexibility index (Phi) is 2.85. The second-order valence-corrected chi connectivity index (χ2v) is 4.26. The van der Waals surface area contributed by atoms with Crippen molar-refractivity contribution in [3.05, 3.63) is 41.9 Å². The molecule has 6 nitrogen and oxygen atoms in total. The van der Waals surface area contributed by atoms with Gasteiger partial charge < -0.3 is 14.7 Å². The van der Waals surface area contributed by atoms with Gasteiger partial charge in [0, 0.05) is 13.0 Å². The zero-order valence-corrected chi connectivity index (χ0v) is 9.77. The Bertz CT molecular complexity index is 532. The number of imidazole rings is 1. The highest BCUT2D eigenvalue weighted by Gasteiger charge is 2.25. The van der Waals surface area contributed by atoms with Gasteiger partial charge in [0.15, 0.2) is 0 Å². The lowest BCUT2D eigenvalue weighted by Gasteiger charge is -2.21. The van der Waals surface area contributed by atoms with Crippen molar-refractivity contribution in [2.45, 2.75) is 25.6 Å². The zero-order valence-electron chi connectivity index (χ0n) is 9.77. The van der Waals surface area contributed by atoms with Crippen molar-refractivity contribution in [2.24, 2.45) is 0 Å². The first-order valence-corrected chi connectivity index (χ1v) is 5.87. The number of carbonyl (C=O) groups is 1. The van der Waals surface area contributed by atoms with Crippen LogP contribution in [0.2, 0.25) is 0 Å². The van der Waals surface area contributed by atoms with Crippen LogP contribution in [0.1, 0.15) is 17.1 Å². The average molecular weight is 246 g/mol. The molecule has 0 fully saturated rings. The predicted molar refractivity (Wildman–Crippen MR) is 63.5 cm³/mol. The number of nitrogens with zero attached hydrogens (tertiary/aromatic N) is 1. The third kappa shape index (κ3) is 2.14. The standard InChI is InChI=1S/C12H14N4O2/c17-12(14-5-8-2-1-3-18-8)10-4-9-11(6-13-10)16-7-15-9/h1-3,7,10,13H,4-6H2,(H,14,17)(H,15,16). The van der Waals surface area contributed by atoms with E-state index in [1.54, 1.807) is 18.7 Å². The quantitative estimate of drug-likeness (QED) is 0.729. The van der Waals surface area contributed by atoms with Gasteiger partial charge in [-0.3, -0.25) is 10.1 Å². The van der Waals surface area contributed by atoms with Gasteiger partial charge >= 0.3 is 0 Å². The largest absolute Gasteiger partial charge is 0.467 e. The topological polar surface area (TPSA) is 83.0 Å². The SMILES string of the molecule is O=C(NCc1ccco1)C1Cc2nc[nH]c2CN1. The minimum Gasteiger partial charge on any atom is -0.467 e. The Balaban J connectivity index is 1.57. The third-order valence-electron chi connectivity index (χ3n) is 3.06. The molecule has 1 aliphatic heterocycles. The summed E-state index contributed by atoms with van der Waals surface area (Å²) < 4.78 is 5.16. The molecule has 18 heavy (non-hydrogen) atoms. The number of rotatable bonds is 3. The maximum Gasteiger partial charge on any atom is 0.237 e. The predicted octanol–water partition coefficient (Wildman–Crippen LogP) is 0.333. The molecule has 0 aromatic carbocycles. The molecule has 94 valence electrons. The summed E-state index contributed by atoms with van der Waals surface area (Å²) in [7, 11) is 0. The number of furan rings is 1. The van der Waals surface area contributed by atoms with Crippen LogP contribution in [0.4, 0.5) is 0 Å². The summed E-state index contributed by atoms with van der Waals surface area (Å²) in [6.45, 7) is 1.06. The summed E-state index contributed by atoms with van der Waals surface area (Å²) in [6, 6.07) is 3.41. The number of nitrogens with one attached hydrogen (secondary N) is 3. The molecular weight excluding hydrogens is 232 g/mol. The molecule has 1 unspecified atom stereocenters. The van der Waals surface area contributed by atoms with E-state index in [4.69, 9.17) is 4.42 Å². The van der Waals surface area contributed by atoms with E-state index in [-0.39, 0.29) is 11.9 Å². The molecule has 3 rings (SSSR count). The lowest BCUT2D eigenvalue weighted by molar-refractivity contribution is -0.123. The lowest BCUT2D eigenvalue weighted by atomic mass is 10.0. The number of aromatic nitrogens is 2. The third-order valence-corrected chi connectivity index (χ3v) is 3.06. The van der Waals surface area contributed by atoms with Crippen LogP contribution >= 0.6 is 0 Å². The average Bonchev–Trinajstić information content (AvgIpc) is 3.05. The molecule has 1 atom stereocenters. The van der Waals surface area contributed by atoms with Crippen LogP contribution in [0.25, 0.3) is 0 Å². The number of amides is 1. The van der Waals surface area contributed by atoms with Crippen molar-refractivity contribution in [1.82, 2.24) is 20.6 Å². The van der Waals surface area contributed by atoms with Crippen LogP contribution in [-0.4, -0.2) is 21.9 Å². The van der Waals surface area contributed by atoms with E-state index in [9.17, 15) is 4.79 Å². The summed E-state index contributed by atoms with van der Waals surface area (Å²) in [5.74, 6) is 0.722. The first-order valence-electron chi connectivity index (χ1n) is 5.87. The molecule has 3 N–H and O–H groups in total. The van der Waals surface area contributed by atoms with Gasteiger partial charge in [-0.15, -0.1) is 0 Å². The normalized spacial score (nSPS) is 18.3. The highest BCUT2D eigenvalue weighted by Crippen LogP contribution is 2.12. The summed E-state index contributed by atoms with van der Waals surface area (Å²) >= 11 is 0. The van der Waals surface area contributed by atoms with Gasteiger partial charge in [-0.1, -0.05) is 0 Å². The zero-order chi connectivity index (χ0) is 12.4. The molecule has 1 aliphatic rings. The van der Waals surface area contributed by atoms with Gasteiger partial charge in [0.1, 0.15) is 5.76 Å². The number of hydrogen-bond acceptors (Lipinski definition) is 4. The van der Waals surface area contributed by atoms with Gasteiger partial charge in [-0.05, 0) is 12.1 Å². The van der Waals surface area contributed by atoms with Gasteiger partial charge in [0.25, 0.3) is 0 Å². The minimum absolute atomic E-state index is 0.0277. The molecule has 2 aromatic heterocycles. The molecule has 1 amide bonds. The molecule has 6 heteroatoms. The first-order chi connectivity index (χ1) is 8.83. The Hall–Kier alpha value is -2.08. The fraction of sp³-hybridized carbons (Fsp3) is 0.333. The van der Waals surface area contributed by atoms with Crippen LogP contribution < -0.4 is 10.6 Å². The molecule has 0 bridgehead atoms. The van der Waals surface area contributed by atoms with E-state index in [1.165, 1.54) is 0 Å². The van der Waals surface area contributed by atoms with Crippen LogP contribution in [0.3, 0.4) is 0 Å². The van der Waals surface area contributed by atoms with Gasteiger partial charge in [0.2, 0.25) is 5.91 Å². The molecule has 3 heterocycles. The van der Waals surface area contributed by atoms with Crippen molar-refractivity contribution in [1.29, 1.82) is 0 Å². The van der Waals surface area contributed by atoms with Crippen molar-refractivity contribution < 1.29 is 9.21 Å². The van der Waals surface area contributed by atoms with Crippen molar-refractivity contribution in [3.63, 3.8) is 0 Å². The molecule has 0 spiro atoms. The summed E-state index contributed by atoms with van der Waals surface area (Å²) in [5.41, 5.74) is 2.02. The number of H-pyrrole nitrogens is 1. The molecular formula is C12H14N4O2. The van der Waals surface area contributed by atoms with Crippen LogP contribution in [0.5, 0.6) is 0 Å². The monoisotopic (exact) mass is 246 g/mol. The smallest absolute Gasteiger partial charge is 0.237 e. The van der Waals surface area contributed by atoms with Crippen molar-refractivity contribution in [2.75, 3.05) is 0 Å².